The summed E-state index contributed by atoms with van der Waals surface area (Å²) in [5, 5.41) is 0. The third kappa shape index (κ3) is 4.37. The van der Waals surface area contributed by atoms with Gasteiger partial charge in [-0.15, -0.1) is 11.8 Å². The Kier molecular flexibility index (Phi) is 5.08. The van der Waals surface area contributed by atoms with Gasteiger partial charge in [-0.25, -0.2) is 0 Å². The van der Waals surface area contributed by atoms with Gasteiger partial charge in [0.2, 0.25) is 0 Å². The zero-order chi connectivity index (χ0) is 13.8. The summed E-state index contributed by atoms with van der Waals surface area (Å²) in [6.45, 7) is 4.87. The summed E-state index contributed by atoms with van der Waals surface area (Å²) in [4.78, 5) is 1.26. The lowest BCUT2D eigenvalue weighted by Gasteiger charge is -2.07. The molecule has 2 rings (SSSR count). The number of hydrogen-bond donors (Lipinski definition) is 1. The van der Waals surface area contributed by atoms with E-state index in [4.69, 9.17) is 5.73 Å². The van der Waals surface area contributed by atoms with Crippen LogP contribution in [0.2, 0.25) is 0 Å². The van der Waals surface area contributed by atoms with E-state index in [2.05, 4.69) is 66.2 Å². The summed E-state index contributed by atoms with van der Waals surface area (Å²) in [5.74, 6) is 0.989. The van der Waals surface area contributed by atoms with E-state index >= 15 is 0 Å². The van der Waals surface area contributed by atoms with Crippen molar-refractivity contribution in [1.82, 2.24) is 0 Å². The quantitative estimate of drug-likeness (QED) is 0.811. The van der Waals surface area contributed by atoms with Crippen molar-refractivity contribution in [2.45, 2.75) is 31.0 Å². The Bertz CT molecular complexity index is 561. The molecule has 19 heavy (non-hydrogen) atoms. The van der Waals surface area contributed by atoms with Crippen LogP contribution in [0.4, 0.5) is 0 Å². The van der Waals surface area contributed by atoms with Crippen molar-refractivity contribution in [3.05, 3.63) is 63.1 Å². The molecule has 0 amide bonds. The number of rotatable bonds is 4. The fourth-order valence-electron chi connectivity index (χ4n) is 2.14. The third-order valence-electron chi connectivity index (χ3n) is 2.85. The Hall–Kier alpha value is -0.770. The molecule has 0 aliphatic carbocycles. The number of aryl methyl sites for hydroxylation is 2. The van der Waals surface area contributed by atoms with Crippen LogP contribution < -0.4 is 5.73 Å². The molecule has 0 spiro atoms. The lowest BCUT2D eigenvalue weighted by atomic mass is 10.1. The van der Waals surface area contributed by atoms with Gasteiger partial charge in [0, 0.05) is 21.7 Å². The molecule has 0 saturated heterocycles. The van der Waals surface area contributed by atoms with E-state index < -0.39 is 0 Å². The fraction of sp³-hybridized carbons (Fsp3) is 0.250. The normalized spacial score (nSPS) is 10.7. The topological polar surface area (TPSA) is 26.0 Å². The Morgan fingerprint density at radius 1 is 0.947 bits per heavy atom. The zero-order valence-corrected chi connectivity index (χ0v) is 13.6. The molecular formula is C16H18BrNS. The van der Waals surface area contributed by atoms with Gasteiger partial charge in [-0.1, -0.05) is 45.3 Å². The third-order valence-corrected chi connectivity index (χ3v) is 4.36. The Labute approximate surface area is 127 Å². The average Bonchev–Trinajstić information content (AvgIpc) is 2.34. The molecule has 0 unspecified atom stereocenters. The molecule has 2 aromatic carbocycles. The largest absolute Gasteiger partial charge is 0.326 e. The van der Waals surface area contributed by atoms with Crippen LogP contribution >= 0.6 is 27.7 Å². The van der Waals surface area contributed by atoms with Gasteiger partial charge in [-0.3, -0.25) is 0 Å². The maximum Gasteiger partial charge on any atom is 0.0232 e. The summed E-state index contributed by atoms with van der Waals surface area (Å²) in [5.41, 5.74) is 10.9. The predicted octanol–water partition coefficient (Wildman–Crippen LogP) is 4.82. The molecule has 3 heteroatoms. The molecule has 0 fully saturated rings. The van der Waals surface area contributed by atoms with E-state index in [0.717, 1.165) is 15.8 Å². The molecule has 0 atom stereocenters. The number of nitrogens with two attached hydrogens (primary N) is 1. The zero-order valence-electron chi connectivity index (χ0n) is 11.2. The highest BCUT2D eigenvalue weighted by Crippen LogP contribution is 2.27. The standard InChI is InChI=1S/C16H18BrNS/c1-11-3-12(2)5-14(4-11)10-19-16-7-13(9-18)6-15(17)8-16/h3-8H,9-10,18H2,1-2H3. The van der Waals surface area contributed by atoms with E-state index in [-0.39, 0.29) is 0 Å². The molecule has 0 bridgehead atoms. The molecule has 0 saturated carbocycles. The molecule has 0 heterocycles. The molecule has 2 aromatic rings. The molecule has 100 valence electrons. The van der Waals surface area contributed by atoms with Gasteiger partial charge in [0.05, 0.1) is 0 Å². The minimum atomic E-state index is 0.580. The van der Waals surface area contributed by atoms with Crippen LogP contribution in [0, 0.1) is 13.8 Å². The van der Waals surface area contributed by atoms with Crippen LogP contribution in [0.5, 0.6) is 0 Å². The van der Waals surface area contributed by atoms with Gasteiger partial charge >= 0.3 is 0 Å². The summed E-state index contributed by atoms with van der Waals surface area (Å²) >= 11 is 5.38. The van der Waals surface area contributed by atoms with Gasteiger partial charge in [0.15, 0.2) is 0 Å². The second kappa shape index (κ2) is 6.60. The second-order valence-corrected chi connectivity index (χ2v) is 6.75. The summed E-state index contributed by atoms with van der Waals surface area (Å²) in [7, 11) is 0. The molecular weight excluding hydrogens is 318 g/mol. The van der Waals surface area contributed by atoms with Crippen LogP contribution in [0.25, 0.3) is 0 Å². The van der Waals surface area contributed by atoms with Crippen molar-refractivity contribution in [2.24, 2.45) is 5.73 Å². The van der Waals surface area contributed by atoms with Crippen molar-refractivity contribution >= 4 is 27.7 Å². The first-order valence-electron chi connectivity index (χ1n) is 6.26. The van der Waals surface area contributed by atoms with Crippen molar-refractivity contribution in [3.63, 3.8) is 0 Å². The summed E-state index contributed by atoms with van der Waals surface area (Å²) in [6.07, 6.45) is 0. The minimum absolute atomic E-state index is 0.580. The summed E-state index contributed by atoms with van der Waals surface area (Å²) < 4.78 is 1.10. The summed E-state index contributed by atoms with van der Waals surface area (Å²) in [6, 6.07) is 13.1. The molecule has 0 aromatic heterocycles. The number of benzene rings is 2. The first kappa shape index (κ1) is 14.6. The van der Waals surface area contributed by atoms with Crippen molar-refractivity contribution in [1.29, 1.82) is 0 Å². The van der Waals surface area contributed by atoms with Crippen molar-refractivity contribution < 1.29 is 0 Å². The van der Waals surface area contributed by atoms with E-state index in [1.807, 2.05) is 11.8 Å². The molecule has 0 radical (unpaired) electrons. The monoisotopic (exact) mass is 335 g/mol. The lowest BCUT2D eigenvalue weighted by Crippen LogP contribution is -1.96. The fourth-order valence-corrected chi connectivity index (χ4v) is 3.78. The highest BCUT2D eigenvalue weighted by molar-refractivity contribution is 9.10. The molecule has 1 nitrogen and oxygen atoms in total. The SMILES string of the molecule is Cc1cc(C)cc(CSc2cc(Br)cc(CN)c2)c1. The Balaban J connectivity index is 2.11. The van der Waals surface area contributed by atoms with Crippen LogP contribution in [-0.4, -0.2) is 0 Å². The van der Waals surface area contributed by atoms with Gasteiger partial charge in [0.25, 0.3) is 0 Å². The van der Waals surface area contributed by atoms with Gasteiger partial charge in [-0.2, -0.15) is 0 Å². The van der Waals surface area contributed by atoms with Gasteiger partial charge in [0.1, 0.15) is 0 Å². The van der Waals surface area contributed by atoms with E-state index in [1.165, 1.54) is 21.6 Å². The highest BCUT2D eigenvalue weighted by atomic mass is 79.9. The number of hydrogen-bond acceptors (Lipinski definition) is 2. The van der Waals surface area contributed by atoms with Crippen LogP contribution in [0.1, 0.15) is 22.3 Å². The molecule has 0 aliphatic heterocycles. The van der Waals surface area contributed by atoms with E-state index in [1.54, 1.807) is 0 Å². The van der Waals surface area contributed by atoms with E-state index in [0.29, 0.717) is 6.54 Å². The Morgan fingerprint density at radius 3 is 2.26 bits per heavy atom. The number of halogens is 1. The van der Waals surface area contributed by atoms with Gasteiger partial charge < -0.3 is 5.73 Å². The van der Waals surface area contributed by atoms with Crippen LogP contribution in [0.15, 0.2) is 45.8 Å². The maximum absolute atomic E-state index is 5.70. The second-order valence-electron chi connectivity index (χ2n) is 4.78. The van der Waals surface area contributed by atoms with Crippen molar-refractivity contribution in [3.8, 4) is 0 Å². The lowest BCUT2D eigenvalue weighted by molar-refractivity contribution is 1.06. The van der Waals surface area contributed by atoms with E-state index in [9.17, 15) is 0 Å². The molecule has 2 N–H and O–H groups in total. The van der Waals surface area contributed by atoms with Crippen molar-refractivity contribution in [2.75, 3.05) is 0 Å². The minimum Gasteiger partial charge on any atom is -0.326 e. The molecule has 0 aliphatic rings. The first-order chi connectivity index (χ1) is 9.06. The van der Waals surface area contributed by atoms with Gasteiger partial charge in [-0.05, 0) is 43.2 Å². The Morgan fingerprint density at radius 2 is 1.63 bits per heavy atom. The highest BCUT2D eigenvalue weighted by Gasteiger charge is 2.02. The van der Waals surface area contributed by atoms with Crippen LogP contribution in [0.3, 0.4) is 0 Å². The number of thioether (sulfide) groups is 1. The van der Waals surface area contributed by atoms with Crippen LogP contribution in [-0.2, 0) is 12.3 Å². The first-order valence-corrected chi connectivity index (χ1v) is 8.04. The average molecular weight is 336 g/mol. The smallest absolute Gasteiger partial charge is 0.0232 e. The predicted molar refractivity (Wildman–Crippen MR) is 87.5 cm³/mol. The maximum atomic E-state index is 5.70.